The molecule has 0 saturated heterocycles. The normalized spacial score (nSPS) is 11.6. The topological polar surface area (TPSA) is 58.6 Å². The lowest BCUT2D eigenvalue weighted by atomic mass is 10.0. The molecular weight excluding hydrogens is 424 g/mol. The molecule has 0 bridgehead atoms. The standard InChI is InChI=1S/C29H34N2O3/c1-34-21-11-20-30-29(33)27(22-25-14-7-3-8-15-25)31(23-26-16-9-4-10-17-26)28(32)19-18-24-12-5-2-6-13-24/h2-10,12-17,27H,11,18-23H2,1H3,(H,30,33)/t27-/m0/s1. The van der Waals surface area contributed by atoms with Gasteiger partial charge >= 0.3 is 0 Å². The second-order valence-corrected chi connectivity index (χ2v) is 8.34. The summed E-state index contributed by atoms with van der Waals surface area (Å²) in [5, 5.41) is 3.02. The van der Waals surface area contributed by atoms with Crippen molar-refractivity contribution in [3.63, 3.8) is 0 Å². The monoisotopic (exact) mass is 458 g/mol. The van der Waals surface area contributed by atoms with Crippen LogP contribution >= 0.6 is 0 Å². The number of aryl methyl sites for hydroxylation is 1. The summed E-state index contributed by atoms with van der Waals surface area (Å²) in [7, 11) is 1.65. The second-order valence-electron chi connectivity index (χ2n) is 8.34. The predicted octanol–water partition coefficient (Wildman–Crippen LogP) is 4.41. The molecule has 0 aromatic heterocycles. The number of nitrogens with one attached hydrogen (secondary N) is 1. The average molecular weight is 459 g/mol. The predicted molar refractivity (Wildman–Crippen MR) is 135 cm³/mol. The van der Waals surface area contributed by atoms with Crippen molar-refractivity contribution >= 4 is 11.8 Å². The number of hydrogen-bond donors (Lipinski definition) is 1. The molecule has 0 heterocycles. The number of hydrogen-bond acceptors (Lipinski definition) is 3. The first-order valence-corrected chi connectivity index (χ1v) is 11.8. The SMILES string of the molecule is COCCCNC(=O)[C@H](Cc1ccccc1)N(Cc1ccccc1)C(=O)CCc1ccccc1. The molecule has 0 radical (unpaired) electrons. The van der Waals surface area contributed by atoms with Crippen LogP contribution in [0.15, 0.2) is 91.0 Å². The van der Waals surface area contributed by atoms with E-state index in [9.17, 15) is 9.59 Å². The molecule has 1 atom stereocenters. The highest BCUT2D eigenvalue weighted by molar-refractivity contribution is 5.88. The van der Waals surface area contributed by atoms with Crippen molar-refractivity contribution in [1.29, 1.82) is 0 Å². The molecule has 1 N–H and O–H groups in total. The van der Waals surface area contributed by atoms with Gasteiger partial charge in [-0.1, -0.05) is 91.0 Å². The third-order valence-electron chi connectivity index (χ3n) is 5.76. The molecule has 5 nitrogen and oxygen atoms in total. The summed E-state index contributed by atoms with van der Waals surface area (Å²) in [6.07, 6.45) is 2.17. The molecule has 5 heteroatoms. The van der Waals surface area contributed by atoms with E-state index in [1.165, 1.54) is 0 Å². The number of carbonyl (C=O) groups is 2. The van der Waals surface area contributed by atoms with E-state index in [0.717, 1.165) is 23.1 Å². The summed E-state index contributed by atoms with van der Waals surface area (Å²) in [5.74, 6) is -0.162. The second kappa shape index (κ2) is 14.0. The molecule has 2 amide bonds. The summed E-state index contributed by atoms with van der Waals surface area (Å²) >= 11 is 0. The molecule has 178 valence electrons. The van der Waals surface area contributed by atoms with Crippen molar-refractivity contribution in [2.45, 2.75) is 38.3 Å². The third-order valence-corrected chi connectivity index (χ3v) is 5.76. The zero-order chi connectivity index (χ0) is 24.0. The minimum absolute atomic E-state index is 0.0271. The Morgan fingerprint density at radius 1 is 0.824 bits per heavy atom. The van der Waals surface area contributed by atoms with E-state index in [0.29, 0.717) is 39.0 Å². The molecule has 0 spiro atoms. The van der Waals surface area contributed by atoms with Gasteiger partial charge in [0.15, 0.2) is 0 Å². The molecule has 0 saturated carbocycles. The van der Waals surface area contributed by atoms with Gasteiger partial charge in [-0.25, -0.2) is 0 Å². The Hall–Kier alpha value is -3.44. The quantitative estimate of drug-likeness (QED) is 0.386. The van der Waals surface area contributed by atoms with Crippen LogP contribution in [0.2, 0.25) is 0 Å². The van der Waals surface area contributed by atoms with Crippen LogP contribution in [-0.4, -0.2) is 43.0 Å². The Balaban J connectivity index is 1.83. The van der Waals surface area contributed by atoms with Gasteiger partial charge in [-0.2, -0.15) is 0 Å². The summed E-state index contributed by atoms with van der Waals surface area (Å²) < 4.78 is 5.10. The highest BCUT2D eigenvalue weighted by atomic mass is 16.5. The van der Waals surface area contributed by atoms with Gasteiger partial charge in [-0.15, -0.1) is 0 Å². The number of carbonyl (C=O) groups excluding carboxylic acids is 2. The molecule has 3 rings (SSSR count). The summed E-state index contributed by atoms with van der Waals surface area (Å²) in [6.45, 7) is 1.47. The van der Waals surface area contributed by atoms with Crippen molar-refractivity contribution in [1.82, 2.24) is 10.2 Å². The van der Waals surface area contributed by atoms with Gasteiger partial charge in [-0.05, 0) is 29.5 Å². The number of methoxy groups -OCH3 is 1. The lowest BCUT2D eigenvalue weighted by Crippen LogP contribution is -2.50. The highest BCUT2D eigenvalue weighted by Gasteiger charge is 2.30. The largest absolute Gasteiger partial charge is 0.385 e. The zero-order valence-corrected chi connectivity index (χ0v) is 19.9. The van der Waals surface area contributed by atoms with Gasteiger partial charge < -0.3 is 15.0 Å². The maximum Gasteiger partial charge on any atom is 0.243 e. The van der Waals surface area contributed by atoms with Gasteiger partial charge in [0.2, 0.25) is 11.8 Å². The van der Waals surface area contributed by atoms with Crippen molar-refractivity contribution in [3.05, 3.63) is 108 Å². The highest BCUT2D eigenvalue weighted by Crippen LogP contribution is 2.17. The number of benzene rings is 3. The number of rotatable bonds is 13. The number of ether oxygens (including phenoxy) is 1. The Kier molecular flexibility index (Phi) is 10.3. The fraction of sp³-hybridized carbons (Fsp3) is 0.310. The fourth-order valence-electron chi connectivity index (χ4n) is 3.92. The molecule has 0 aliphatic rings. The van der Waals surface area contributed by atoms with Crippen LogP contribution in [0.25, 0.3) is 0 Å². The van der Waals surface area contributed by atoms with Crippen LogP contribution in [0.1, 0.15) is 29.5 Å². The van der Waals surface area contributed by atoms with E-state index in [1.54, 1.807) is 12.0 Å². The Morgan fingerprint density at radius 3 is 1.97 bits per heavy atom. The molecule has 0 unspecified atom stereocenters. The molecule has 3 aromatic rings. The Morgan fingerprint density at radius 2 is 1.38 bits per heavy atom. The van der Waals surface area contributed by atoms with Crippen LogP contribution in [0.5, 0.6) is 0 Å². The van der Waals surface area contributed by atoms with E-state index in [1.807, 2.05) is 91.0 Å². The molecule has 3 aromatic carbocycles. The lowest BCUT2D eigenvalue weighted by Gasteiger charge is -2.31. The van der Waals surface area contributed by atoms with Crippen LogP contribution < -0.4 is 5.32 Å². The van der Waals surface area contributed by atoms with Gasteiger partial charge in [0.05, 0.1) is 0 Å². The van der Waals surface area contributed by atoms with Crippen LogP contribution in [0.3, 0.4) is 0 Å². The van der Waals surface area contributed by atoms with Crippen molar-refractivity contribution < 1.29 is 14.3 Å². The zero-order valence-electron chi connectivity index (χ0n) is 19.9. The van der Waals surface area contributed by atoms with Gasteiger partial charge in [0.1, 0.15) is 6.04 Å². The first-order valence-electron chi connectivity index (χ1n) is 11.8. The van der Waals surface area contributed by atoms with Gasteiger partial charge in [-0.3, -0.25) is 9.59 Å². The first kappa shape index (κ1) is 25.2. The van der Waals surface area contributed by atoms with Crippen LogP contribution in [0.4, 0.5) is 0 Å². The summed E-state index contributed by atoms with van der Waals surface area (Å²) in [5.41, 5.74) is 3.13. The maximum atomic E-state index is 13.6. The Bertz CT molecular complexity index is 994. The molecular formula is C29H34N2O3. The smallest absolute Gasteiger partial charge is 0.243 e. The average Bonchev–Trinajstić information content (AvgIpc) is 2.89. The van der Waals surface area contributed by atoms with Gasteiger partial charge in [0.25, 0.3) is 0 Å². The fourth-order valence-corrected chi connectivity index (χ4v) is 3.92. The van der Waals surface area contributed by atoms with Crippen molar-refractivity contribution in [2.75, 3.05) is 20.3 Å². The number of nitrogens with zero attached hydrogens (tertiary/aromatic N) is 1. The molecule has 34 heavy (non-hydrogen) atoms. The summed E-state index contributed by atoms with van der Waals surface area (Å²) in [4.78, 5) is 28.7. The van der Waals surface area contributed by atoms with E-state index in [-0.39, 0.29) is 11.8 Å². The minimum Gasteiger partial charge on any atom is -0.385 e. The van der Waals surface area contributed by atoms with E-state index < -0.39 is 6.04 Å². The molecule has 0 fully saturated rings. The third kappa shape index (κ3) is 8.16. The molecule has 0 aliphatic carbocycles. The Labute approximate surface area is 202 Å². The summed E-state index contributed by atoms with van der Waals surface area (Å²) in [6, 6.07) is 29.1. The maximum absolute atomic E-state index is 13.6. The number of amides is 2. The first-order chi connectivity index (χ1) is 16.7. The van der Waals surface area contributed by atoms with Gasteiger partial charge in [0, 0.05) is 39.6 Å². The molecule has 0 aliphatic heterocycles. The van der Waals surface area contributed by atoms with Crippen LogP contribution in [-0.2, 0) is 33.7 Å². The van der Waals surface area contributed by atoms with E-state index in [2.05, 4.69) is 5.32 Å². The van der Waals surface area contributed by atoms with Crippen LogP contribution in [0, 0.1) is 0 Å². The van der Waals surface area contributed by atoms with E-state index >= 15 is 0 Å². The lowest BCUT2D eigenvalue weighted by molar-refractivity contribution is -0.141. The van der Waals surface area contributed by atoms with Crippen molar-refractivity contribution in [2.24, 2.45) is 0 Å². The van der Waals surface area contributed by atoms with Crippen molar-refractivity contribution in [3.8, 4) is 0 Å². The van der Waals surface area contributed by atoms with E-state index in [4.69, 9.17) is 4.74 Å². The minimum atomic E-state index is -0.603.